The van der Waals surface area contributed by atoms with Crippen molar-refractivity contribution in [2.75, 3.05) is 0 Å². The summed E-state index contributed by atoms with van der Waals surface area (Å²) in [5, 5.41) is 0.241. The zero-order valence-corrected chi connectivity index (χ0v) is 9.43. The first-order valence-electron chi connectivity index (χ1n) is 5.08. The van der Waals surface area contributed by atoms with E-state index in [1.54, 1.807) is 0 Å². The van der Waals surface area contributed by atoms with Gasteiger partial charge in [-0.15, -0.1) is 11.6 Å². The van der Waals surface area contributed by atoms with Gasteiger partial charge in [-0.3, -0.25) is 0 Å². The second-order valence-electron chi connectivity index (χ2n) is 4.12. The summed E-state index contributed by atoms with van der Waals surface area (Å²) in [6.07, 6.45) is 4.40. The van der Waals surface area contributed by atoms with Crippen LogP contribution < -0.4 is 0 Å². The van der Waals surface area contributed by atoms with Crippen LogP contribution in [0.4, 0.5) is 0 Å². The summed E-state index contributed by atoms with van der Waals surface area (Å²) >= 11 is 6.06. The number of hydrogen-bond donors (Lipinski definition) is 0. The van der Waals surface area contributed by atoms with Gasteiger partial charge in [0, 0.05) is 0 Å². The van der Waals surface area contributed by atoms with Gasteiger partial charge < -0.3 is 0 Å². The number of benzene rings is 1. The SMILES string of the molecule is Cc1cc(C)cc(C2=CC(Cl)CC2)c1. The lowest BCUT2D eigenvalue weighted by Gasteiger charge is -2.05. The zero-order chi connectivity index (χ0) is 10.1. The third kappa shape index (κ3) is 2.01. The van der Waals surface area contributed by atoms with Crippen molar-refractivity contribution in [2.24, 2.45) is 0 Å². The minimum Gasteiger partial charge on any atom is -0.118 e. The van der Waals surface area contributed by atoms with Crippen molar-refractivity contribution in [1.82, 2.24) is 0 Å². The third-order valence-electron chi connectivity index (χ3n) is 2.66. The summed E-state index contributed by atoms with van der Waals surface area (Å²) in [4.78, 5) is 0. The number of allylic oxidation sites excluding steroid dienone is 2. The largest absolute Gasteiger partial charge is 0.118 e. The Morgan fingerprint density at radius 1 is 1.14 bits per heavy atom. The van der Waals surface area contributed by atoms with Crippen LogP contribution in [0.15, 0.2) is 24.3 Å². The van der Waals surface area contributed by atoms with E-state index in [-0.39, 0.29) is 5.38 Å². The second kappa shape index (κ2) is 3.78. The number of alkyl halides is 1. The Morgan fingerprint density at radius 2 is 1.79 bits per heavy atom. The molecule has 0 fully saturated rings. The third-order valence-corrected chi connectivity index (χ3v) is 3.01. The molecule has 0 saturated carbocycles. The summed E-state index contributed by atoms with van der Waals surface area (Å²) in [6.45, 7) is 4.29. The highest BCUT2D eigenvalue weighted by molar-refractivity contribution is 6.22. The number of halogens is 1. The lowest BCUT2D eigenvalue weighted by molar-refractivity contribution is 0.942. The molecule has 1 aromatic carbocycles. The molecule has 1 heteroatoms. The molecule has 0 radical (unpaired) electrons. The van der Waals surface area contributed by atoms with Crippen molar-refractivity contribution < 1.29 is 0 Å². The molecular formula is C13H15Cl. The maximum absolute atomic E-state index is 6.06. The summed E-state index contributed by atoms with van der Waals surface area (Å²) in [6, 6.07) is 6.69. The quantitative estimate of drug-likeness (QED) is 0.608. The molecular weight excluding hydrogens is 192 g/mol. The van der Waals surface area contributed by atoms with Crippen LogP contribution in [0.2, 0.25) is 0 Å². The van der Waals surface area contributed by atoms with E-state index < -0.39 is 0 Å². The molecule has 14 heavy (non-hydrogen) atoms. The Kier molecular flexibility index (Phi) is 2.64. The van der Waals surface area contributed by atoms with Crippen molar-refractivity contribution in [3.63, 3.8) is 0 Å². The predicted molar refractivity (Wildman–Crippen MR) is 62.8 cm³/mol. The van der Waals surface area contributed by atoms with Gasteiger partial charge >= 0.3 is 0 Å². The van der Waals surface area contributed by atoms with Gasteiger partial charge in [-0.2, -0.15) is 0 Å². The van der Waals surface area contributed by atoms with Gasteiger partial charge in [-0.25, -0.2) is 0 Å². The van der Waals surface area contributed by atoms with Crippen molar-refractivity contribution >= 4 is 17.2 Å². The van der Waals surface area contributed by atoms with Crippen LogP contribution >= 0.6 is 11.6 Å². The van der Waals surface area contributed by atoms with E-state index in [4.69, 9.17) is 11.6 Å². The molecule has 0 N–H and O–H groups in total. The van der Waals surface area contributed by atoms with Crippen molar-refractivity contribution in [1.29, 1.82) is 0 Å². The van der Waals surface area contributed by atoms with Crippen LogP contribution in [-0.2, 0) is 0 Å². The van der Waals surface area contributed by atoms with Crippen molar-refractivity contribution in [3.8, 4) is 0 Å². The predicted octanol–water partition coefficient (Wildman–Crippen LogP) is 4.09. The average Bonchev–Trinajstić information content (AvgIpc) is 2.50. The highest BCUT2D eigenvalue weighted by Gasteiger charge is 2.14. The molecule has 0 bridgehead atoms. The van der Waals surface area contributed by atoms with Gasteiger partial charge in [0.1, 0.15) is 0 Å². The molecule has 0 aliphatic heterocycles. The van der Waals surface area contributed by atoms with E-state index in [1.165, 1.54) is 22.3 Å². The van der Waals surface area contributed by atoms with Crippen molar-refractivity contribution in [3.05, 3.63) is 41.0 Å². The van der Waals surface area contributed by atoms with E-state index >= 15 is 0 Å². The molecule has 74 valence electrons. The summed E-state index contributed by atoms with van der Waals surface area (Å²) in [7, 11) is 0. The maximum Gasteiger partial charge on any atom is 0.0525 e. The fourth-order valence-corrected chi connectivity index (χ4v) is 2.34. The fraction of sp³-hybridized carbons (Fsp3) is 0.385. The maximum atomic E-state index is 6.06. The molecule has 0 spiro atoms. The van der Waals surface area contributed by atoms with Gasteiger partial charge in [0.25, 0.3) is 0 Å². The number of rotatable bonds is 1. The second-order valence-corrected chi connectivity index (χ2v) is 4.68. The minimum absolute atomic E-state index is 0.241. The van der Waals surface area contributed by atoms with Crippen molar-refractivity contribution in [2.45, 2.75) is 32.1 Å². The van der Waals surface area contributed by atoms with Crippen LogP contribution in [-0.4, -0.2) is 5.38 Å². The highest BCUT2D eigenvalue weighted by Crippen LogP contribution is 2.31. The van der Waals surface area contributed by atoms with E-state index in [0.29, 0.717) is 0 Å². The van der Waals surface area contributed by atoms with Gasteiger partial charge in [0.2, 0.25) is 0 Å². The highest BCUT2D eigenvalue weighted by atomic mass is 35.5. The Hall–Kier alpha value is -0.750. The Bertz CT molecular complexity index is 357. The summed E-state index contributed by atoms with van der Waals surface area (Å²) in [5.74, 6) is 0. The normalized spacial score (nSPS) is 21.1. The Balaban J connectivity index is 2.37. The smallest absolute Gasteiger partial charge is 0.0525 e. The molecule has 1 aromatic rings. The van der Waals surface area contributed by atoms with Crippen LogP contribution in [0.25, 0.3) is 5.57 Å². The number of aryl methyl sites for hydroxylation is 2. The standard InChI is InChI=1S/C13H15Cl/c1-9-5-10(2)7-12(6-9)11-3-4-13(14)8-11/h5-8,13H,3-4H2,1-2H3. The zero-order valence-electron chi connectivity index (χ0n) is 8.68. The first-order chi connectivity index (χ1) is 6.65. The van der Waals surface area contributed by atoms with Crippen LogP contribution in [0.3, 0.4) is 0 Å². The fourth-order valence-electron chi connectivity index (χ4n) is 2.08. The van der Waals surface area contributed by atoms with Gasteiger partial charge in [-0.05, 0) is 37.8 Å². The van der Waals surface area contributed by atoms with Gasteiger partial charge in [-0.1, -0.05) is 35.4 Å². The summed E-state index contributed by atoms with van der Waals surface area (Å²) < 4.78 is 0. The van der Waals surface area contributed by atoms with Gasteiger partial charge in [0.15, 0.2) is 0 Å². The molecule has 0 heterocycles. The molecule has 1 atom stereocenters. The monoisotopic (exact) mass is 206 g/mol. The molecule has 0 saturated heterocycles. The van der Waals surface area contributed by atoms with E-state index in [9.17, 15) is 0 Å². The van der Waals surface area contributed by atoms with E-state index in [1.807, 2.05) is 0 Å². The lowest BCUT2D eigenvalue weighted by Crippen LogP contribution is -1.85. The molecule has 1 aliphatic rings. The average molecular weight is 207 g/mol. The molecule has 2 rings (SSSR count). The van der Waals surface area contributed by atoms with Crippen LogP contribution in [0.5, 0.6) is 0 Å². The first-order valence-corrected chi connectivity index (χ1v) is 5.52. The van der Waals surface area contributed by atoms with Crippen LogP contribution in [0, 0.1) is 13.8 Å². The Labute approximate surface area is 90.6 Å². The molecule has 0 aromatic heterocycles. The van der Waals surface area contributed by atoms with E-state index in [2.05, 4.69) is 38.1 Å². The topological polar surface area (TPSA) is 0 Å². The first kappa shape index (κ1) is 9.79. The molecule has 0 nitrogen and oxygen atoms in total. The minimum atomic E-state index is 0.241. The van der Waals surface area contributed by atoms with Gasteiger partial charge in [0.05, 0.1) is 5.38 Å². The van der Waals surface area contributed by atoms with E-state index in [0.717, 1.165) is 12.8 Å². The van der Waals surface area contributed by atoms with Crippen LogP contribution in [0.1, 0.15) is 29.5 Å². The molecule has 1 unspecified atom stereocenters. The lowest BCUT2D eigenvalue weighted by atomic mass is 10.0. The molecule has 0 amide bonds. The number of hydrogen-bond acceptors (Lipinski definition) is 0. The summed E-state index contributed by atoms with van der Waals surface area (Å²) in [5.41, 5.74) is 5.43. The Morgan fingerprint density at radius 3 is 2.29 bits per heavy atom. The molecule has 1 aliphatic carbocycles.